The first-order chi connectivity index (χ1) is 39.8. The molecule has 0 amide bonds. The van der Waals surface area contributed by atoms with E-state index in [1.807, 2.05) is 38.1 Å². The summed E-state index contributed by atoms with van der Waals surface area (Å²) in [5, 5.41) is 45.9. The Labute approximate surface area is 733 Å². The number of halogens is 1. The van der Waals surface area contributed by atoms with Gasteiger partial charge in [0.1, 0.15) is 55.9 Å². The third-order valence-electron chi connectivity index (χ3n) is 10.7. The van der Waals surface area contributed by atoms with Gasteiger partial charge in [0.05, 0.1) is 72.1 Å². The Morgan fingerprint density at radius 3 is 1.33 bits per heavy atom. The summed E-state index contributed by atoms with van der Waals surface area (Å²) in [5.41, 5.74) is 6.82. The molecule has 0 saturated carbocycles. The molecule has 0 aliphatic carbocycles. The van der Waals surface area contributed by atoms with Gasteiger partial charge >= 0.3 is 236 Å². The largest absolute Gasteiger partial charge is 1.00 e. The Morgan fingerprint density at radius 2 is 0.926 bits per heavy atom. The van der Waals surface area contributed by atoms with E-state index in [1.54, 1.807) is 72.8 Å². The van der Waals surface area contributed by atoms with E-state index in [0.29, 0.717) is 34.0 Å². The van der Waals surface area contributed by atoms with Crippen LogP contribution < -0.4 is 257 Å². The fraction of sp³-hybridized carbons (Fsp3) is 0.0784. The summed E-state index contributed by atoms with van der Waals surface area (Å²) in [6, 6.07) is 42.8. The van der Waals surface area contributed by atoms with Crippen molar-refractivity contribution in [1.82, 2.24) is 4.98 Å². The zero-order chi connectivity index (χ0) is 64.2. The minimum atomic E-state index is -4.42. The molecule has 9 aromatic rings. The van der Waals surface area contributed by atoms with Crippen molar-refractivity contribution in [1.29, 1.82) is 0 Å². The number of anilines is 2. The Hall–Kier alpha value is 0.450. The van der Waals surface area contributed by atoms with E-state index < -0.39 is 80.0 Å². The van der Waals surface area contributed by atoms with Gasteiger partial charge in [-0.15, -0.1) is 28.5 Å². The van der Waals surface area contributed by atoms with Crippen LogP contribution in [0.4, 0.5) is 22.7 Å². The van der Waals surface area contributed by atoms with Gasteiger partial charge in [-0.2, -0.15) is 0 Å². The number of ether oxygens (including phenoxy) is 1. The van der Waals surface area contributed by atoms with Gasteiger partial charge in [-0.3, -0.25) is 0 Å². The molecule has 1 aromatic heterocycles. The predicted molar refractivity (Wildman–Crippen MR) is 328 cm³/mol. The molecular weight excluding hydrogens is 1480 g/mol. The molecule has 0 aliphatic heterocycles. The van der Waals surface area contributed by atoms with Crippen LogP contribution >= 0.6 is 22.9 Å². The zero-order valence-electron chi connectivity index (χ0n) is 52.5. The van der Waals surface area contributed by atoms with Crippen LogP contribution in [-0.2, 0) is 70.2 Å². The third-order valence-corrected chi connectivity index (χ3v) is 19.7. The van der Waals surface area contributed by atoms with Crippen molar-refractivity contribution >= 4 is 137 Å². The minimum absolute atomic E-state index is 0. The average Bonchev–Trinajstić information content (AvgIpc) is 0.937. The maximum atomic E-state index is 12.2. The van der Waals surface area contributed by atoms with E-state index in [2.05, 4.69) is 14.4 Å². The molecule has 43 heteroatoms. The van der Waals surface area contributed by atoms with Crippen molar-refractivity contribution in [3.8, 4) is 11.5 Å². The molecule has 0 fully saturated rings. The topological polar surface area (TPSA) is 461 Å². The molecule has 0 bridgehead atoms. The zero-order valence-corrected chi connectivity index (χ0v) is 75.8. The fourth-order valence-electron chi connectivity index (χ4n) is 6.89. The Kier molecular flexibility index (Phi) is 47.4. The van der Waals surface area contributed by atoms with Crippen molar-refractivity contribution in [2.75, 3.05) is 31.3 Å². The minimum Gasteiger partial charge on any atom is -0.872 e. The first-order valence-electron chi connectivity index (χ1n) is 23.5. The Bertz CT molecular complexity index is 4610. The molecule has 9 rings (SSSR count). The Morgan fingerprint density at radius 1 is 0.489 bits per heavy atom. The smallest absolute Gasteiger partial charge is 0.872 e. The van der Waals surface area contributed by atoms with Gasteiger partial charge in [-0.1, -0.05) is 109 Å². The molecule has 26 nitrogen and oxygen atoms in total. The van der Waals surface area contributed by atoms with Gasteiger partial charge in [-0.05, 0) is 85.8 Å². The van der Waals surface area contributed by atoms with Crippen LogP contribution in [0.3, 0.4) is 0 Å². The summed E-state index contributed by atoms with van der Waals surface area (Å²) >= 11 is 6.48. The van der Waals surface area contributed by atoms with Crippen LogP contribution in [0.2, 0.25) is 5.02 Å². The number of hydrogen-bond acceptors (Lipinski definition) is 20. The second kappa shape index (κ2) is 44.2. The van der Waals surface area contributed by atoms with Crippen LogP contribution in [0.5, 0.6) is 11.5 Å². The number of aromatic nitrogens is 1. The maximum absolute atomic E-state index is 12.2. The molecule has 0 aliphatic rings. The van der Waals surface area contributed by atoms with Crippen LogP contribution in [-0.4, -0.2) is 84.6 Å². The summed E-state index contributed by atoms with van der Waals surface area (Å²) < 4.78 is 172. The molecule has 7 N–H and O–H groups in total. The molecule has 0 atom stereocenters. The number of nitrogen functional groups attached to an aromatic ring is 1. The maximum Gasteiger partial charge on any atom is 1.00 e. The summed E-state index contributed by atoms with van der Waals surface area (Å²) in [4.78, 5) is 4.47. The van der Waals surface area contributed by atoms with Gasteiger partial charge in [0, 0.05) is 35.5 Å². The number of rotatable bonds is 14. The molecule has 0 spiro atoms. The van der Waals surface area contributed by atoms with E-state index >= 15 is 0 Å². The molecule has 0 saturated heterocycles. The predicted octanol–water partition coefficient (Wildman–Crippen LogP) is -12.5. The van der Waals surface area contributed by atoms with E-state index in [9.17, 15) is 64.0 Å². The number of fused-ring (bicyclic) bond motifs is 2. The van der Waals surface area contributed by atoms with Crippen molar-refractivity contribution in [2.24, 2.45) is 0 Å². The van der Waals surface area contributed by atoms with Crippen molar-refractivity contribution in [3.63, 3.8) is 0 Å². The average molecular weight is 1530 g/mol. The number of thiazole rings is 1. The van der Waals surface area contributed by atoms with E-state index in [4.69, 9.17) is 47.8 Å². The monoisotopic (exact) mass is 1530 g/mol. The van der Waals surface area contributed by atoms with Gasteiger partial charge in [-0.25, -0.2) is 63.9 Å². The summed E-state index contributed by atoms with van der Waals surface area (Å²) in [5.74, 6) is 0.407. The number of hydrogen-bond donors (Lipinski definition) is 1. The molecule has 0 radical (unpaired) electrons. The summed E-state index contributed by atoms with van der Waals surface area (Å²) in [6.45, 7) is 2.42. The van der Waals surface area contributed by atoms with Crippen LogP contribution in [0, 0.1) is 0 Å². The molecule has 94 heavy (non-hydrogen) atoms. The SMILES string of the molecule is CCOc1ccc2nc(S([NH-])(=O)=O)sc2c1.CN(C)c1cccc2c(S([NH-])(=O)=O)cccc12.O=S(=O)([N-]c1ccc([N-]S(=O)(=O)c2ccccc2)cc1)c1ccccc1.[NH-]S(=O)(=O)c1cc(S([NH-])(=O)=O)c(Cl)cc1N.[NH-]S(=O)(=O)c1ccc([O-])cc1.[Na+].[Na+].[Na+].[Na+].[Na+].[Na+].[Na+].[Na+]. The van der Waals surface area contributed by atoms with E-state index in [-0.39, 0.29) is 288 Å². The second-order valence-corrected chi connectivity index (χ2v) is 29.3. The van der Waals surface area contributed by atoms with Crippen LogP contribution in [0.25, 0.3) is 56.1 Å². The number of nitrogens with zero attached hydrogens (tertiary/aromatic N) is 4. The number of sulfonamides is 7. The standard InChI is InChI=1S/C18H14N2O4S2.C12H13N2O2S.C9H9N2O3S2.C6H6ClN3O4S2.C6H6NO3S.8Na/c21-25(22,17-7-3-1-4-8-17)19-15-11-13-16(14-12-15)20-26(23,24)18-9-5-2-6-10-18;1-14(2)11-7-3-6-10-9(11)5-4-8-12(10)17(13,15)16;1-2-14-6-3-4-7-8(5-6)15-9(11-7)16(10,12)13;7-3-1-4(8)6(16(10,13)14)2-5(3)15(9,11)12;7-11(9,10)6-3-1-5(8)2-4-6;;;;;;;;/h1-14H;3-8H,1-2H3,(H-,13,15,16);3-5H,2H2,1H3,(H-,10,12,13);1-2H,8H2,(H2-2,9,10,11,12,13,14);1-4H,(H2-,7,8,9,10);;;;;;;;/q-2;2*-1;-2;-1;8*+1/p-1. The first kappa shape index (κ1) is 101. The molecule has 1 heterocycles. The number of nitrogens with two attached hydrogens (primary N) is 1. The second-order valence-electron chi connectivity index (χ2n) is 17.1. The quantitative estimate of drug-likeness (QED) is 0.0780. The van der Waals surface area contributed by atoms with Gasteiger partial charge in [0.25, 0.3) is 0 Å². The van der Waals surface area contributed by atoms with Crippen LogP contribution in [0.15, 0.2) is 210 Å². The normalized spacial score (nSPS) is 10.9. The fourth-order valence-corrected chi connectivity index (χ4v) is 13.6. The molecular formula is C51H47ClN10Na8O16S8. The first-order valence-corrected chi connectivity index (χ1v) is 35.0. The summed E-state index contributed by atoms with van der Waals surface area (Å²) in [7, 11) is -24.5. The number of benzene rings is 8. The van der Waals surface area contributed by atoms with Crippen molar-refractivity contribution < 1.29 is 305 Å². The summed E-state index contributed by atoms with van der Waals surface area (Å²) in [6.07, 6.45) is 0. The number of nitrogens with one attached hydrogen (secondary N) is 5. The van der Waals surface area contributed by atoms with Crippen molar-refractivity contribution in [3.05, 3.63) is 216 Å². The van der Waals surface area contributed by atoms with Gasteiger partial charge in [0.15, 0.2) is 4.34 Å². The van der Waals surface area contributed by atoms with E-state index in [0.717, 1.165) is 52.7 Å². The third kappa shape index (κ3) is 31.6. The molecule has 0 unspecified atom stereocenters. The van der Waals surface area contributed by atoms with Gasteiger partial charge in [0.2, 0.25) is 0 Å². The molecule has 8 aromatic carbocycles. The van der Waals surface area contributed by atoms with Crippen LogP contribution in [0.1, 0.15) is 6.92 Å². The molecule has 460 valence electrons. The Balaban J connectivity index is -0.000000541. The van der Waals surface area contributed by atoms with Gasteiger partial charge < -0.3 is 55.6 Å². The van der Waals surface area contributed by atoms with E-state index in [1.165, 1.54) is 54.6 Å². The van der Waals surface area contributed by atoms with Crippen molar-refractivity contribution in [2.45, 2.75) is 40.6 Å².